The normalized spacial score (nSPS) is 31.1. The van der Waals surface area contributed by atoms with Gasteiger partial charge in [-0.25, -0.2) is 13.7 Å². The Morgan fingerprint density at radius 2 is 1.71 bits per heavy atom. The molecule has 7 N–H and O–H groups in total. The number of aromatic nitrogens is 2. The fraction of sp³-hybridized carbons (Fsp3) is 0.538. The monoisotopic (exact) mass is 550 g/mol. The van der Waals surface area contributed by atoms with E-state index in [1.54, 1.807) is 0 Å². The van der Waals surface area contributed by atoms with Crippen molar-refractivity contribution < 1.29 is 76.1 Å². The van der Waals surface area contributed by atoms with Gasteiger partial charge in [0.2, 0.25) is 5.79 Å². The van der Waals surface area contributed by atoms with Gasteiger partial charge in [0.15, 0.2) is 5.78 Å². The van der Waals surface area contributed by atoms with Crippen LogP contribution in [0.5, 0.6) is 0 Å². The molecule has 1 aliphatic heterocycles. The number of hydrogen-bond acceptors (Lipinski definition) is 14. The lowest BCUT2D eigenvalue weighted by molar-refractivity contribution is -0.242. The third kappa shape index (κ3) is 5.90. The smallest absolute Gasteiger partial charge is 0.387 e. The van der Waals surface area contributed by atoms with Gasteiger partial charge in [-0.2, -0.15) is 13.7 Å². The number of rotatable bonds is 8. The molecule has 18 nitrogen and oxygen atoms in total. The second-order valence-electron chi connectivity index (χ2n) is 7.08. The first kappa shape index (κ1) is 27.3. The molecule has 1 aromatic heterocycles. The van der Waals surface area contributed by atoms with E-state index < -0.39 is 77.9 Å². The number of carbonyl (C=O) groups is 2. The van der Waals surface area contributed by atoms with Gasteiger partial charge in [-0.15, -0.1) is 5.10 Å². The van der Waals surface area contributed by atoms with Crippen LogP contribution in [0.1, 0.15) is 28.0 Å². The summed E-state index contributed by atoms with van der Waals surface area (Å²) in [7, 11) is -17.0. The lowest BCUT2D eigenvalue weighted by Gasteiger charge is -2.28. The Balaban J connectivity index is 1.78. The van der Waals surface area contributed by atoms with Gasteiger partial charge in [0.05, 0.1) is 19.2 Å². The van der Waals surface area contributed by atoms with E-state index >= 15 is 0 Å². The van der Waals surface area contributed by atoms with Crippen molar-refractivity contribution in [2.75, 3.05) is 6.61 Å². The lowest BCUT2D eigenvalue weighted by Crippen LogP contribution is -2.43. The number of fused-ring (bicyclic) bond motifs is 1. The van der Waals surface area contributed by atoms with Crippen LogP contribution in [0, 0.1) is 0 Å². The second kappa shape index (κ2) is 9.28. The van der Waals surface area contributed by atoms with E-state index in [0.717, 1.165) is 6.20 Å². The molecule has 1 fully saturated rings. The van der Waals surface area contributed by atoms with Gasteiger partial charge in [0, 0.05) is 17.5 Å². The average Bonchev–Trinajstić information content (AvgIpc) is 2.88. The molecule has 34 heavy (non-hydrogen) atoms. The summed E-state index contributed by atoms with van der Waals surface area (Å²) in [4.78, 5) is 59.6. The third-order valence-electron chi connectivity index (χ3n) is 4.58. The van der Waals surface area contributed by atoms with Gasteiger partial charge < -0.3 is 39.6 Å². The molecule has 0 amide bonds. The average molecular weight is 550 g/mol. The highest BCUT2D eigenvalue weighted by Crippen LogP contribution is 2.66. The van der Waals surface area contributed by atoms with Gasteiger partial charge in [-0.1, -0.05) is 0 Å². The van der Waals surface area contributed by atoms with Crippen molar-refractivity contribution in [2.45, 2.75) is 36.9 Å². The fourth-order valence-corrected chi connectivity index (χ4v) is 6.29. The number of Topliss-reactive ketones (excluding diaryl/α,β-unsaturated/α-hetero) is 2. The molecule has 0 spiro atoms. The predicted octanol–water partition coefficient (Wildman–Crippen LogP) is -2.22. The van der Waals surface area contributed by atoms with Crippen LogP contribution in [0.3, 0.4) is 0 Å². The number of carbonyl (C=O) groups excluding carboxylic acids is 2. The van der Waals surface area contributed by atoms with E-state index in [4.69, 9.17) is 19.4 Å². The Labute approximate surface area is 188 Å². The van der Waals surface area contributed by atoms with Crippen molar-refractivity contribution in [3.8, 4) is 0 Å². The minimum absolute atomic E-state index is 0.0833. The van der Waals surface area contributed by atoms with Crippen molar-refractivity contribution in [3.63, 3.8) is 0 Å². The van der Waals surface area contributed by atoms with Crippen molar-refractivity contribution in [2.24, 2.45) is 0 Å². The summed E-state index contributed by atoms with van der Waals surface area (Å²) >= 11 is 0. The molecule has 6 atom stereocenters. The molecular weight excluding hydrogens is 533 g/mol. The predicted molar refractivity (Wildman–Crippen MR) is 100 cm³/mol. The molecule has 0 aromatic carbocycles. The van der Waals surface area contributed by atoms with Crippen molar-refractivity contribution in [1.29, 1.82) is 0 Å². The van der Waals surface area contributed by atoms with Crippen LogP contribution in [-0.4, -0.2) is 81.6 Å². The maximum absolute atomic E-state index is 12.1. The highest BCUT2D eigenvalue weighted by Gasteiger charge is 2.57. The van der Waals surface area contributed by atoms with Crippen LogP contribution in [-0.2, 0) is 48.6 Å². The number of aliphatic hydroxyl groups excluding tert-OH is 2. The Morgan fingerprint density at radius 1 is 1.06 bits per heavy atom. The summed E-state index contributed by atoms with van der Waals surface area (Å²) in [5.74, 6) is -4.05. The van der Waals surface area contributed by atoms with E-state index in [9.17, 15) is 43.5 Å². The zero-order valence-corrected chi connectivity index (χ0v) is 19.2. The van der Waals surface area contributed by atoms with Crippen LogP contribution >= 0.6 is 23.5 Å². The number of aliphatic hydroxyl groups is 3. The molecule has 1 aliphatic carbocycles. The maximum atomic E-state index is 12.1. The maximum Gasteiger partial charge on any atom is 0.490 e. The van der Waals surface area contributed by atoms with Gasteiger partial charge in [0.1, 0.15) is 29.8 Å². The first-order valence-electron chi connectivity index (χ1n) is 8.89. The van der Waals surface area contributed by atoms with Gasteiger partial charge in [-0.3, -0.25) is 14.1 Å². The lowest BCUT2D eigenvalue weighted by atomic mass is 9.87. The molecule has 0 saturated carbocycles. The number of ether oxygens (including phenoxy) is 1. The van der Waals surface area contributed by atoms with Crippen LogP contribution < -0.4 is 0 Å². The quantitative estimate of drug-likeness (QED) is 0.133. The van der Waals surface area contributed by atoms with Gasteiger partial charge in [-0.05, 0) is 0 Å². The van der Waals surface area contributed by atoms with Crippen molar-refractivity contribution in [1.82, 2.24) is 10.2 Å². The molecule has 0 bridgehead atoms. The van der Waals surface area contributed by atoms with E-state index in [0.29, 0.717) is 0 Å². The summed E-state index contributed by atoms with van der Waals surface area (Å²) in [6, 6.07) is 0. The molecular formula is C13H17N2O16P3. The number of nitrogens with zero attached hydrogens (tertiary/aromatic N) is 2. The summed E-state index contributed by atoms with van der Waals surface area (Å²) < 4.78 is 50.4. The molecule has 2 unspecified atom stereocenters. The van der Waals surface area contributed by atoms with Crippen molar-refractivity contribution >= 4 is 35.0 Å². The molecule has 0 radical (unpaired) electrons. The highest BCUT2D eigenvalue weighted by atomic mass is 31.3. The number of ketones is 2. The Bertz CT molecular complexity index is 1150. The molecule has 2 aliphatic rings. The van der Waals surface area contributed by atoms with Gasteiger partial charge >= 0.3 is 23.5 Å². The second-order valence-corrected chi connectivity index (χ2v) is 11.5. The first-order chi connectivity index (χ1) is 15.4. The standard InChI is InChI=1S/C13H17N2O16P3/c16-5-1-6-7(8(17)2-5)3-14-15-11(6)13(20)12(19)10(18)9(29-13)4-28-33(24,25)31-34(26,27)30-32(21,22)23/h3,9-10,12,18-20H,1-2,4H2,(H,24,25)(H,26,27)(H2,21,22,23)/t9-,10-,12-,13+/m1/s1. The Morgan fingerprint density at radius 3 is 2.32 bits per heavy atom. The molecule has 1 saturated heterocycles. The minimum Gasteiger partial charge on any atom is -0.387 e. The molecule has 21 heteroatoms. The number of hydrogen-bond donors (Lipinski definition) is 7. The molecule has 3 rings (SSSR count). The summed E-state index contributed by atoms with van der Waals surface area (Å²) in [6.45, 7) is -1.20. The molecule has 2 heterocycles. The molecule has 190 valence electrons. The zero-order chi connectivity index (χ0) is 25.7. The Kier molecular flexibility index (Phi) is 7.44. The largest absolute Gasteiger partial charge is 0.490 e. The van der Waals surface area contributed by atoms with Crippen LogP contribution in [0.2, 0.25) is 0 Å². The number of phosphoric ester groups is 1. The van der Waals surface area contributed by atoms with E-state index in [1.165, 1.54) is 0 Å². The van der Waals surface area contributed by atoms with E-state index in [-0.39, 0.29) is 17.5 Å². The third-order valence-corrected chi connectivity index (χ3v) is 8.38. The van der Waals surface area contributed by atoms with Gasteiger partial charge in [0.25, 0.3) is 0 Å². The van der Waals surface area contributed by atoms with Crippen LogP contribution in [0.15, 0.2) is 6.20 Å². The van der Waals surface area contributed by atoms with Crippen molar-refractivity contribution in [3.05, 3.63) is 23.0 Å². The zero-order valence-electron chi connectivity index (χ0n) is 16.5. The van der Waals surface area contributed by atoms with Crippen LogP contribution in [0.4, 0.5) is 0 Å². The van der Waals surface area contributed by atoms with Crippen LogP contribution in [0.25, 0.3) is 0 Å². The summed E-state index contributed by atoms with van der Waals surface area (Å²) in [6.07, 6.45) is -5.88. The Hall–Kier alpha value is -1.33. The summed E-state index contributed by atoms with van der Waals surface area (Å²) in [5.41, 5.74) is -0.794. The number of phosphoric acid groups is 3. The fourth-order valence-electron chi connectivity index (χ4n) is 3.26. The molecule has 1 aromatic rings. The SMILES string of the molecule is O=C1CC(=O)c2cnnc([C@]3(O)O[C@H](COP(=O)(O)OP(=O)(O)OP(=O)(O)O)[C@@H](O)[C@H]3O)c2C1. The van der Waals surface area contributed by atoms with E-state index in [2.05, 4.69) is 23.3 Å². The van der Waals surface area contributed by atoms with E-state index in [1.807, 2.05) is 0 Å². The minimum atomic E-state index is -5.81. The topological polar surface area (TPSA) is 290 Å². The first-order valence-corrected chi connectivity index (χ1v) is 13.4. The highest BCUT2D eigenvalue weighted by molar-refractivity contribution is 7.66. The summed E-state index contributed by atoms with van der Waals surface area (Å²) in [5, 5.41) is 38.5.